The highest BCUT2D eigenvalue weighted by Crippen LogP contribution is 2.13. The Morgan fingerprint density at radius 2 is 2.31 bits per heavy atom. The summed E-state index contributed by atoms with van der Waals surface area (Å²) in [6.45, 7) is 0.408. The average molecular weight is 235 g/mol. The summed E-state index contributed by atoms with van der Waals surface area (Å²) in [4.78, 5) is 20.2. The summed E-state index contributed by atoms with van der Waals surface area (Å²) in [5.74, 6) is -0.447. The van der Waals surface area contributed by atoms with E-state index in [4.69, 9.17) is 0 Å². The smallest absolute Gasteiger partial charge is 0.255 e. The van der Waals surface area contributed by atoms with Crippen molar-refractivity contribution in [1.82, 2.24) is 15.3 Å². The molecule has 0 spiro atoms. The fourth-order valence-electron chi connectivity index (χ4n) is 1.17. The Bertz CT molecular complexity index is 485. The van der Waals surface area contributed by atoms with Crippen molar-refractivity contribution in [3.63, 3.8) is 0 Å². The van der Waals surface area contributed by atoms with Crippen molar-refractivity contribution >= 4 is 17.2 Å². The van der Waals surface area contributed by atoms with E-state index in [2.05, 4.69) is 15.3 Å². The monoisotopic (exact) mass is 235 g/mol. The molecule has 0 radical (unpaired) electrons. The SMILES string of the molecule is O=C(NCc1cncs1)c1ccncc1O. The lowest BCUT2D eigenvalue weighted by Gasteiger charge is -2.04. The highest BCUT2D eigenvalue weighted by molar-refractivity contribution is 7.09. The van der Waals surface area contributed by atoms with E-state index in [1.807, 2.05) is 0 Å². The van der Waals surface area contributed by atoms with Crippen LogP contribution in [0.2, 0.25) is 0 Å². The Balaban J connectivity index is 2.01. The van der Waals surface area contributed by atoms with E-state index in [1.54, 1.807) is 11.7 Å². The third-order valence-corrected chi connectivity index (χ3v) is 2.73. The molecule has 2 rings (SSSR count). The maximum Gasteiger partial charge on any atom is 0.255 e. The lowest BCUT2D eigenvalue weighted by molar-refractivity contribution is 0.0948. The molecule has 1 amide bonds. The van der Waals surface area contributed by atoms with Gasteiger partial charge < -0.3 is 10.4 Å². The zero-order valence-corrected chi connectivity index (χ0v) is 9.07. The molecule has 0 aliphatic heterocycles. The number of nitrogens with zero attached hydrogens (tertiary/aromatic N) is 2. The first-order chi connectivity index (χ1) is 7.77. The summed E-state index contributed by atoms with van der Waals surface area (Å²) in [5.41, 5.74) is 1.92. The quantitative estimate of drug-likeness (QED) is 0.837. The van der Waals surface area contributed by atoms with Crippen molar-refractivity contribution in [2.24, 2.45) is 0 Å². The molecule has 0 saturated carbocycles. The minimum Gasteiger partial charge on any atom is -0.505 e. The van der Waals surface area contributed by atoms with Gasteiger partial charge in [-0.15, -0.1) is 11.3 Å². The number of aromatic nitrogens is 2. The van der Waals surface area contributed by atoms with Gasteiger partial charge in [0.15, 0.2) is 0 Å². The number of hydrogen-bond donors (Lipinski definition) is 2. The van der Waals surface area contributed by atoms with Crippen LogP contribution in [0.25, 0.3) is 0 Å². The van der Waals surface area contributed by atoms with Crippen LogP contribution in [0.3, 0.4) is 0 Å². The van der Waals surface area contributed by atoms with Gasteiger partial charge in [-0.3, -0.25) is 14.8 Å². The second-order valence-corrected chi connectivity index (χ2v) is 4.01. The van der Waals surface area contributed by atoms with Gasteiger partial charge in [0, 0.05) is 17.3 Å². The van der Waals surface area contributed by atoms with Gasteiger partial charge in [0.1, 0.15) is 5.75 Å². The molecule has 0 unspecified atom stereocenters. The van der Waals surface area contributed by atoms with Crippen molar-refractivity contribution in [2.45, 2.75) is 6.54 Å². The van der Waals surface area contributed by atoms with Crippen LogP contribution in [0.15, 0.2) is 30.2 Å². The first-order valence-corrected chi connectivity index (χ1v) is 5.44. The van der Waals surface area contributed by atoms with E-state index < -0.39 is 0 Å². The molecule has 5 nitrogen and oxygen atoms in total. The summed E-state index contributed by atoms with van der Waals surface area (Å²) in [6, 6.07) is 1.47. The zero-order valence-electron chi connectivity index (χ0n) is 8.25. The van der Waals surface area contributed by atoms with E-state index >= 15 is 0 Å². The van der Waals surface area contributed by atoms with Gasteiger partial charge in [-0.05, 0) is 6.07 Å². The fraction of sp³-hybridized carbons (Fsp3) is 0.100. The van der Waals surface area contributed by atoms with E-state index in [9.17, 15) is 9.90 Å². The van der Waals surface area contributed by atoms with Gasteiger partial charge in [0.05, 0.1) is 23.8 Å². The Morgan fingerprint density at radius 3 is 3.00 bits per heavy atom. The molecule has 0 aromatic carbocycles. The molecule has 0 atom stereocenters. The molecular formula is C10H9N3O2S. The van der Waals surface area contributed by atoms with E-state index in [1.165, 1.54) is 29.8 Å². The van der Waals surface area contributed by atoms with Gasteiger partial charge in [0.2, 0.25) is 0 Å². The Morgan fingerprint density at radius 1 is 1.44 bits per heavy atom. The van der Waals surface area contributed by atoms with Crippen molar-refractivity contribution in [1.29, 1.82) is 0 Å². The van der Waals surface area contributed by atoms with Crippen LogP contribution in [0, 0.1) is 0 Å². The first-order valence-electron chi connectivity index (χ1n) is 4.56. The van der Waals surface area contributed by atoms with Crippen molar-refractivity contribution < 1.29 is 9.90 Å². The molecular weight excluding hydrogens is 226 g/mol. The molecule has 82 valence electrons. The molecule has 0 saturated heterocycles. The van der Waals surface area contributed by atoms with Crippen LogP contribution in [0.5, 0.6) is 5.75 Å². The van der Waals surface area contributed by atoms with Gasteiger partial charge in [-0.2, -0.15) is 0 Å². The maximum absolute atomic E-state index is 11.6. The Labute approximate surface area is 95.8 Å². The molecule has 0 bridgehead atoms. The maximum atomic E-state index is 11.6. The van der Waals surface area contributed by atoms with Gasteiger partial charge in [-0.1, -0.05) is 0 Å². The normalized spacial score (nSPS) is 10.0. The van der Waals surface area contributed by atoms with Crippen LogP contribution < -0.4 is 5.32 Å². The number of amides is 1. The number of aromatic hydroxyl groups is 1. The molecule has 2 heterocycles. The number of nitrogens with one attached hydrogen (secondary N) is 1. The highest BCUT2D eigenvalue weighted by atomic mass is 32.1. The van der Waals surface area contributed by atoms with Crippen LogP contribution >= 0.6 is 11.3 Å². The highest BCUT2D eigenvalue weighted by Gasteiger charge is 2.10. The van der Waals surface area contributed by atoms with Crippen LogP contribution in [-0.4, -0.2) is 21.0 Å². The number of rotatable bonds is 3. The number of thiazole rings is 1. The van der Waals surface area contributed by atoms with Crippen molar-refractivity contribution in [3.8, 4) is 5.75 Å². The standard InChI is InChI=1S/C10H9N3O2S/c14-9-5-11-2-1-8(9)10(15)13-4-7-3-12-6-16-7/h1-3,5-6,14H,4H2,(H,13,15). The molecule has 2 aromatic heterocycles. The summed E-state index contributed by atoms with van der Waals surface area (Å²) in [5, 5.41) is 12.1. The summed E-state index contributed by atoms with van der Waals surface area (Å²) >= 11 is 1.46. The lowest BCUT2D eigenvalue weighted by Crippen LogP contribution is -2.22. The first kappa shape index (κ1) is 10.6. The number of pyridine rings is 1. The van der Waals surface area contributed by atoms with Crippen molar-refractivity contribution in [3.05, 3.63) is 40.6 Å². The third kappa shape index (κ3) is 2.34. The lowest BCUT2D eigenvalue weighted by atomic mass is 10.2. The largest absolute Gasteiger partial charge is 0.505 e. The molecule has 0 fully saturated rings. The van der Waals surface area contributed by atoms with E-state index in [0.717, 1.165) is 4.88 Å². The summed E-state index contributed by atoms with van der Waals surface area (Å²) < 4.78 is 0. The third-order valence-electron chi connectivity index (χ3n) is 1.95. The molecule has 0 aliphatic rings. The fourth-order valence-corrected chi connectivity index (χ4v) is 1.70. The van der Waals surface area contributed by atoms with Gasteiger partial charge in [0.25, 0.3) is 5.91 Å². The minimum atomic E-state index is -0.326. The topological polar surface area (TPSA) is 75.1 Å². The predicted octanol–water partition coefficient (Wildman–Crippen LogP) is 1.17. The number of carbonyl (C=O) groups is 1. The van der Waals surface area contributed by atoms with Crippen molar-refractivity contribution in [2.75, 3.05) is 0 Å². The number of carbonyl (C=O) groups excluding carboxylic acids is 1. The second kappa shape index (κ2) is 4.71. The summed E-state index contributed by atoms with van der Waals surface area (Å²) in [7, 11) is 0. The van der Waals surface area contributed by atoms with E-state index in [0.29, 0.717) is 6.54 Å². The Hall–Kier alpha value is -1.95. The predicted molar refractivity (Wildman–Crippen MR) is 59.2 cm³/mol. The summed E-state index contributed by atoms with van der Waals surface area (Å²) in [6.07, 6.45) is 4.39. The molecule has 6 heteroatoms. The average Bonchev–Trinajstić information content (AvgIpc) is 2.79. The van der Waals surface area contributed by atoms with Gasteiger partial charge >= 0.3 is 0 Å². The molecule has 2 aromatic rings. The van der Waals surface area contributed by atoms with Crippen LogP contribution in [-0.2, 0) is 6.54 Å². The molecule has 2 N–H and O–H groups in total. The number of hydrogen-bond acceptors (Lipinski definition) is 5. The van der Waals surface area contributed by atoms with Gasteiger partial charge in [-0.25, -0.2) is 0 Å². The van der Waals surface area contributed by atoms with Crippen LogP contribution in [0.4, 0.5) is 0 Å². The second-order valence-electron chi connectivity index (χ2n) is 3.04. The molecule has 0 aliphatic carbocycles. The zero-order chi connectivity index (χ0) is 11.4. The Kier molecular flexibility index (Phi) is 3.11. The minimum absolute atomic E-state index is 0.121. The van der Waals surface area contributed by atoms with Crippen LogP contribution in [0.1, 0.15) is 15.2 Å². The molecule has 16 heavy (non-hydrogen) atoms. The van der Waals surface area contributed by atoms with E-state index in [-0.39, 0.29) is 17.2 Å².